The largest absolute Gasteiger partial charge is 0.480 e. The quantitative estimate of drug-likeness (QED) is 0.767. The van der Waals surface area contributed by atoms with Gasteiger partial charge < -0.3 is 5.11 Å². The molecule has 0 unspecified atom stereocenters. The first-order valence-electron chi connectivity index (χ1n) is 4.77. The van der Waals surface area contributed by atoms with E-state index >= 15 is 0 Å². The van der Waals surface area contributed by atoms with Crippen LogP contribution in [0.4, 0.5) is 4.39 Å². The number of carboxylic acid groups (broad SMARTS) is 1. The fourth-order valence-corrected chi connectivity index (χ4v) is 1.76. The van der Waals surface area contributed by atoms with Crippen molar-refractivity contribution < 1.29 is 14.3 Å². The molecular formula is C10H11FN2O2. The lowest BCUT2D eigenvalue weighted by Crippen LogP contribution is -2.32. The first-order chi connectivity index (χ1) is 7.16. The molecule has 2 heterocycles. The lowest BCUT2D eigenvalue weighted by Gasteiger charge is -2.10. The molecule has 1 aliphatic rings. The van der Waals surface area contributed by atoms with Crippen molar-refractivity contribution in [2.75, 3.05) is 0 Å². The SMILES string of the molecule is O=C(O)[C@@H]1CC[C@H](c2ccc(F)cn2)N1. The Morgan fingerprint density at radius 2 is 2.33 bits per heavy atom. The molecule has 1 aromatic rings. The first kappa shape index (κ1) is 10.0. The molecule has 1 aliphatic heterocycles. The van der Waals surface area contributed by atoms with Gasteiger partial charge in [-0.05, 0) is 25.0 Å². The van der Waals surface area contributed by atoms with Gasteiger partial charge in [0, 0.05) is 0 Å². The van der Waals surface area contributed by atoms with E-state index in [1.54, 1.807) is 6.07 Å². The molecule has 0 aromatic carbocycles. The Kier molecular flexibility index (Phi) is 2.64. The van der Waals surface area contributed by atoms with E-state index in [2.05, 4.69) is 10.3 Å². The van der Waals surface area contributed by atoms with Crippen LogP contribution >= 0.6 is 0 Å². The van der Waals surface area contributed by atoms with Crippen molar-refractivity contribution in [2.45, 2.75) is 24.9 Å². The van der Waals surface area contributed by atoms with Crippen molar-refractivity contribution in [1.29, 1.82) is 0 Å². The van der Waals surface area contributed by atoms with Gasteiger partial charge >= 0.3 is 5.97 Å². The van der Waals surface area contributed by atoms with Gasteiger partial charge in [0.15, 0.2) is 0 Å². The fourth-order valence-electron chi connectivity index (χ4n) is 1.76. The van der Waals surface area contributed by atoms with Crippen LogP contribution in [0.1, 0.15) is 24.6 Å². The number of nitrogens with zero attached hydrogens (tertiary/aromatic N) is 1. The van der Waals surface area contributed by atoms with Crippen molar-refractivity contribution in [2.24, 2.45) is 0 Å². The summed E-state index contributed by atoms with van der Waals surface area (Å²) in [5.41, 5.74) is 0.695. The average Bonchev–Trinajstić information content (AvgIpc) is 2.68. The number of hydrogen-bond acceptors (Lipinski definition) is 3. The molecular weight excluding hydrogens is 199 g/mol. The van der Waals surface area contributed by atoms with Gasteiger partial charge in [0.05, 0.1) is 17.9 Å². The van der Waals surface area contributed by atoms with Gasteiger partial charge in [-0.15, -0.1) is 0 Å². The molecule has 1 aromatic heterocycles. The van der Waals surface area contributed by atoms with E-state index < -0.39 is 12.0 Å². The maximum Gasteiger partial charge on any atom is 0.320 e. The van der Waals surface area contributed by atoms with Crippen LogP contribution in [0.3, 0.4) is 0 Å². The summed E-state index contributed by atoms with van der Waals surface area (Å²) in [5, 5.41) is 11.7. The Morgan fingerprint density at radius 1 is 1.53 bits per heavy atom. The van der Waals surface area contributed by atoms with Crippen LogP contribution in [0.15, 0.2) is 18.3 Å². The van der Waals surface area contributed by atoms with Crippen LogP contribution in [0, 0.1) is 5.82 Å². The summed E-state index contributed by atoms with van der Waals surface area (Å²) in [4.78, 5) is 14.6. The number of aliphatic carboxylic acids is 1. The zero-order chi connectivity index (χ0) is 10.8. The molecule has 0 saturated carbocycles. The van der Waals surface area contributed by atoms with E-state index in [-0.39, 0.29) is 11.9 Å². The summed E-state index contributed by atoms with van der Waals surface area (Å²) in [6.45, 7) is 0. The topological polar surface area (TPSA) is 62.2 Å². The number of hydrogen-bond donors (Lipinski definition) is 2. The van der Waals surface area contributed by atoms with Gasteiger partial charge in [-0.25, -0.2) is 4.39 Å². The van der Waals surface area contributed by atoms with Gasteiger partial charge in [-0.1, -0.05) is 0 Å². The highest BCUT2D eigenvalue weighted by Crippen LogP contribution is 2.24. The second-order valence-corrected chi connectivity index (χ2v) is 3.59. The van der Waals surface area contributed by atoms with Gasteiger partial charge in [-0.3, -0.25) is 15.1 Å². The third-order valence-corrected chi connectivity index (χ3v) is 2.55. The molecule has 80 valence electrons. The van der Waals surface area contributed by atoms with Crippen LogP contribution in [-0.4, -0.2) is 22.1 Å². The summed E-state index contributed by atoms with van der Waals surface area (Å²) in [6, 6.07) is 2.32. The molecule has 0 amide bonds. The van der Waals surface area contributed by atoms with Gasteiger partial charge in [0.1, 0.15) is 11.9 Å². The number of halogens is 1. The van der Waals surface area contributed by atoms with Crippen LogP contribution in [0.5, 0.6) is 0 Å². The van der Waals surface area contributed by atoms with Crippen LogP contribution < -0.4 is 5.32 Å². The molecule has 0 spiro atoms. The van der Waals surface area contributed by atoms with Crippen LogP contribution in [0.25, 0.3) is 0 Å². The minimum atomic E-state index is -0.848. The third-order valence-electron chi connectivity index (χ3n) is 2.55. The molecule has 2 atom stereocenters. The molecule has 0 aliphatic carbocycles. The van der Waals surface area contributed by atoms with Gasteiger partial charge in [0.2, 0.25) is 0 Å². The van der Waals surface area contributed by atoms with Crippen LogP contribution in [-0.2, 0) is 4.79 Å². The summed E-state index contributed by atoms with van der Waals surface area (Å²) >= 11 is 0. The minimum absolute atomic E-state index is 0.0771. The van der Waals surface area contributed by atoms with Gasteiger partial charge in [0.25, 0.3) is 0 Å². The Bertz CT molecular complexity index is 366. The highest BCUT2D eigenvalue weighted by Gasteiger charge is 2.30. The van der Waals surface area contributed by atoms with Crippen molar-refractivity contribution in [3.8, 4) is 0 Å². The predicted octanol–water partition coefficient (Wildman–Crippen LogP) is 1.10. The second kappa shape index (κ2) is 3.94. The number of carbonyl (C=O) groups is 1. The van der Waals surface area contributed by atoms with Crippen molar-refractivity contribution >= 4 is 5.97 Å². The van der Waals surface area contributed by atoms with E-state index in [0.29, 0.717) is 12.1 Å². The summed E-state index contributed by atoms with van der Waals surface area (Å²) < 4.78 is 12.6. The number of aromatic nitrogens is 1. The van der Waals surface area contributed by atoms with E-state index in [1.807, 2.05) is 0 Å². The highest BCUT2D eigenvalue weighted by atomic mass is 19.1. The molecule has 0 radical (unpaired) electrons. The molecule has 1 fully saturated rings. The zero-order valence-corrected chi connectivity index (χ0v) is 7.98. The first-order valence-corrected chi connectivity index (χ1v) is 4.77. The van der Waals surface area contributed by atoms with Crippen molar-refractivity contribution in [3.63, 3.8) is 0 Å². The molecule has 15 heavy (non-hydrogen) atoms. The van der Waals surface area contributed by atoms with E-state index in [9.17, 15) is 9.18 Å². The standard InChI is InChI=1S/C10H11FN2O2/c11-6-1-2-7(12-5-6)8-3-4-9(13-8)10(14)15/h1-2,5,8-9,13H,3-4H2,(H,14,15)/t8-,9+/m1/s1. The minimum Gasteiger partial charge on any atom is -0.480 e. The lowest BCUT2D eigenvalue weighted by molar-refractivity contribution is -0.139. The molecule has 0 bridgehead atoms. The lowest BCUT2D eigenvalue weighted by atomic mass is 10.1. The number of pyridine rings is 1. The normalized spacial score (nSPS) is 25.4. The molecule has 1 saturated heterocycles. The molecule has 2 N–H and O–H groups in total. The van der Waals surface area contributed by atoms with E-state index in [1.165, 1.54) is 6.07 Å². The third kappa shape index (κ3) is 2.12. The van der Waals surface area contributed by atoms with Crippen molar-refractivity contribution in [1.82, 2.24) is 10.3 Å². The molecule has 5 heteroatoms. The van der Waals surface area contributed by atoms with Crippen LogP contribution in [0.2, 0.25) is 0 Å². The molecule has 2 rings (SSSR count). The summed E-state index contributed by atoms with van der Waals surface area (Å²) in [6.07, 6.45) is 2.44. The second-order valence-electron chi connectivity index (χ2n) is 3.59. The zero-order valence-electron chi connectivity index (χ0n) is 7.98. The maximum absolute atomic E-state index is 12.6. The summed E-state index contributed by atoms with van der Waals surface area (Å²) in [5.74, 6) is -1.23. The van der Waals surface area contributed by atoms with Crippen molar-refractivity contribution in [3.05, 3.63) is 29.8 Å². The smallest absolute Gasteiger partial charge is 0.320 e. The Morgan fingerprint density at radius 3 is 2.87 bits per heavy atom. The van der Waals surface area contributed by atoms with E-state index in [0.717, 1.165) is 12.6 Å². The fraction of sp³-hybridized carbons (Fsp3) is 0.400. The van der Waals surface area contributed by atoms with Gasteiger partial charge in [-0.2, -0.15) is 0 Å². The Balaban J connectivity index is 2.07. The number of nitrogens with one attached hydrogen (secondary N) is 1. The Labute approximate surface area is 86.1 Å². The summed E-state index contributed by atoms with van der Waals surface area (Å²) in [7, 11) is 0. The number of carboxylic acids is 1. The maximum atomic E-state index is 12.6. The molecule has 4 nitrogen and oxygen atoms in total. The highest BCUT2D eigenvalue weighted by molar-refractivity contribution is 5.73. The average molecular weight is 210 g/mol. The predicted molar refractivity (Wildman–Crippen MR) is 50.7 cm³/mol. The Hall–Kier alpha value is -1.49. The monoisotopic (exact) mass is 210 g/mol. The number of rotatable bonds is 2. The van der Waals surface area contributed by atoms with E-state index in [4.69, 9.17) is 5.11 Å².